The zero-order valence-corrected chi connectivity index (χ0v) is 10.4. The number of nitrogens with one attached hydrogen (secondary N) is 2. The van der Waals surface area contributed by atoms with Gasteiger partial charge in [-0.05, 0) is 39.8 Å². The topological polar surface area (TPSA) is 39.7 Å². The van der Waals surface area contributed by atoms with Gasteiger partial charge in [-0.2, -0.15) is 0 Å². The van der Waals surface area contributed by atoms with Crippen LogP contribution in [0.25, 0.3) is 0 Å². The van der Waals surface area contributed by atoms with Crippen molar-refractivity contribution in [3.05, 3.63) is 0 Å². The van der Waals surface area contributed by atoms with Crippen LogP contribution in [-0.2, 0) is 0 Å². The van der Waals surface area contributed by atoms with Crippen LogP contribution in [0, 0.1) is 5.92 Å². The van der Waals surface area contributed by atoms with Gasteiger partial charge in [-0.1, -0.05) is 0 Å². The van der Waals surface area contributed by atoms with E-state index in [0.717, 1.165) is 18.4 Å². The Kier molecular flexibility index (Phi) is 4.88. The van der Waals surface area contributed by atoms with E-state index in [9.17, 15) is 0 Å². The lowest BCUT2D eigenvalue weighted by Gasteiger charge is -2.17. The van der Waals surface area contributed by atoms with Crippen LogP contribution in [0.15, 0.2) is 4.99 Å². The summed E-state index contributed by atoms with van der Waals surface area (Å²) in [5, 5.41) is 6.67. The van der Waals surface area contributed by atoms with Gasteiger partial charge in [0.05, 0.1) is 0 Å². The fraction of sp³-hybridized carbons (Fsp3) is 0.909. The Bertz CT molecular complexity index is 213. The largest absolute Gasteiger partial charge is 0.356 e. The van der Waals surface area contributed by atoms with Crippen molar-refractivity contribution in [1.29, 1.82) is 0 Å². The molecule has 88 valence electrons. The Labute approximate surface area is 93.1 Å². The zero-order chi connectivity index (χ0) is 11.3. The first kappa shape index (κ1) is 12.3. The van der Waals surface area contributed by atoms with Crippen LogP contribution in [-0.4, -0.2) is 50.6 Å². The Balaban J connectivity index is 2.23. The van der Waals surface area contributed by atoms with Gasteiger partial charge in [0.15, 0.2) is 5.96 Å². The highest BCUT2D eigenvalue weighted by molar-refractivity contribution is 5.79. The third-order valence-corrected chi connectivity index (χ3v) is 2.70. The van der Waals surface area contributed by atoms with Crippen LogP contribution in [0.3, 0.4) is 0 Å². The highest BCUT2D eigenvalue weighted by Crippen LogP contribution is 2.12. The highest BCUT2D eigenvalue weighted by atomic mass is 15.2. The molecular formula is C11H24N4. The van der Waals surface area contributed by atoms with Gasteiger partial charge in [-0.25, -0.2) is 0 Å². The van der Waals surface area contributed by atoms with Crippen LogP contribution < -0.4 is 10.6 Å². The molecule has 0 radical (unpaired) electrons. The van der Waals surface area contributed by atoms with Crippen molar-refractivity contribution in [2.75, 3.05) is 33.7 Å². The van der Waals surface area contributed by atoms with Gasteiger partial charge in [-0.3, -0.25) is 4.99 Å². The normalized spacial score (nSPS) is 23.5. The smallest absolute Gasteiger partial charge is 0.191 e. The minimum atomic E-state index is 0.433. The van der Waals surface area contributed by atoms with E-state index >= 15 is 0 Å². The Hall–Kier alpha value is -0.770. The second kappa shape index (κ2) is 5.95. The molecular weight excluding hydrogens is 188 g/mol. The van der Waals surface area contributed by atoms with E-state index in [2.05, 4.69) is 41.4 Å². The maximum Gasteiger partial charge on any atom is 0.191 e. The fourth-order valence-corrected chi connectivity index (χ4v) is 1.90. The minimum Gasteiger partial charge on any atom is -0.356 e. The van der Waals surface area contributed by atoms with Crippen LogP contribution in [0.2, 0.25) is 0 Å². The standard InChI is InChI=1S/C11H24N4/c1-9(2)14-11(12-3)13-7-10-5-6-15(4)8-10/h9-10H,5-8H2,1-4H3,(H2,12,13,14). The maximum absolute atomic E-state index is 4.19. The highest BCUT2D eigenvalue weighted by Gasteiger charge is 2.19. The molecule has 0 aromatic rings. The van der Waals surface area contributed by atoms with E-state index in [1.807, 2.05) is 7.05 Å². The number of hydrogen-bond donors (Lipinski definition) is 2. The number of rotatable bonds is 3. The summed E-state index contributed by atoms with van der Waals surface area (Å²) in [5.74, 6) is 1.68. The molecule has 0 aliphatic carbocycles. The summed E-state index contributed by atoms with van der Waals surface area (Å²) in [4.78, 5) is 6.57. The molecule has 0 aromatic carbocycles. The van der Waals surface area contributed by atoms with Crippen molar-refractivity contribution in [3.63, 3.8) is 0 Å². The molecule has 0 amide bonds. The van der Waals surface area contributed by atoms with Gasteiger partial charge < -0.3 is 15.5 Å². The summed E-state index contributed by atoms with van der Waals surface area (Å²) in [6, 6.07) is 0.433. The SMILES string of the molecule is CN=C(NCC1CCN(C)C1)NC(C)C. The molecule has 1 saturated heterocycles. The number of likely N-dealkylation sites (tertiary alicyclic amines) is 1. The van der Waals surface area contributed by atoms with E-state index in [1.165, 1.54) is 19.5 Å². The quantitative estimate of drug-likeness (QED) is 0.529. The van der Waals surface area contributed by atoms with Crippen molar-refractivity contribution in [2.24, 2.45) is 10.9 Å². The van der Waals surface area contributed by atoms with E-state index in [-0.39, 0.29) is 0 Å². The van der Waals surface area contributed by atoms with E-state index in [4.69, 9.17) is 0 Å². The summed E-state index contributed by atoms with van der Waals surface area (Å²) >= 11 is 0. The van der Waals surface area contributed by atoms with Gasteiger partial charge in [0, 0.05) is 26.2 Å². The molecule has 1 fully saturated rings. The maximum atomic E-state index is 4.19. The molecule has 0 saturated carbocycles. The van der Waals surface area contributed by atoms with Gasteiger partial charge >= 0.3 is 0 Å². The molecule has 1 aliphatic rings. The lowest BCUT2D eigenvalue weighted by molar-refractivity contribution is 0.393. The van der Waals surface area contributed by atoms with Crippen LogP contribution in [0.5, 0.6) is 0 Å². The molecule has 1 unspecified atom stereocenters. The molecule has 15 heavy (non-hydrogen) atoms. The van der Waals surface area contributed by atoms with Crippen molar-refractivity contribution in [1.82, 2.24) is 15.5 Å². The third kappa shape index (κ3) is 4.51. The molecule has 1 aliphatic heterocycles. The first-order valence-corrected chi connectivity index (χ1v) is 5.77. The Morgan fingerprint density at radius 1 is 1.53 bits per heavy atom. The predicted octanol–water partition coefficient (Wildman–Crippen LogP) is 0.512. The monoisotopic (exact) mass is 212 g/mol. The van der Waals surface area contributed by atoms with Crippen molar-refractivity contribution in [2.45, 2.75) is 26.3 Å². The molecule has 4 nitrogen and oxygen atoms in total. The molecule has 0 bridgehead atoms. The third-order valence-electron chi connectivity index (χ3n) is 2.70. The van der Waals surface area contributed by atoms with E-state index < -0.39 is 0 Å². The van der Waals surface area contributed by atoms with Gasteiger partial charge in [-0.15, -0.1) is 0 Å². The van der Waals surface area contributed by atoms with Crippen LogP contribution in [0.1, 0.15) is 20.3 Å². The van der Waals surface area contributed by atoms with Crippen molar-refractivity contribution >= 4 is 5.96 Å². The van der Waals surface area contributed by atoms with E-state index in [1.54, 1.807) is 0 Å². The average molecular weight is 212 g/mol. The summed E-state index contributed by atoms with van der Waals surface area (Å²) in [6.45, 7) is 7.69. The van der Waals surface area contributed by atoms with Gasteiger partial charge in [0.1, 0.15) is 0 Å². The lowest BCUT2D eigenvalue weighted by atomic mass is 10.1. The second-order valence-electron chi connectivity index (χ2n) is 4.67. The molecule has 0 spiro atoms. The molecule has 1 heterocycles. The van der Waals surface area contributed by atoms with Gasteiger partial charge in [0.2, 0.25) is 0 Å². The average Bonchev–Trinajstić information content (AvgIpc) is 2.58. The van der Waals surface area contributed by atoms with Crippen molar-refractivity contribution in [3.8, 4) is 0 Å². The number of guanidine groups is 1. The van der Waals surface area contributed by atoms with Crippen LogP contribution in [0.4, 0.5) is 0 Å². The first-order chi connectivity index (χ1) is 7.11. The number of nitrogens with zero attached hydrogens (tertiary/aromatic N) is 2. The fourth-order valence-electron chi connectivity index (χ4n) is 1.90. The lowest BCUT2D eigenvalue weighted by Crippen LogP contribution is -2.43. The predicted molar refractivity (Wildman–Crippen MR) is 65.2 cm³/mol. The summed E-state index contributed by atoms with van der Waals surface area (Å²) in [5.41, 5.74) is 0. The molecule has 4 heteroatoms. The Morgan fingerprint density at radius 2 is 2.27 bits per heavy atom. The number of aliphatic imine (C=N–C) groups is 1. The molecule has 1 rings (SSSR count). The van der Waals surface area contributed by atoms with Crippen LogP contribution >= 0.6 is 0 Å². The first-order valence-electron chi connectivity index (χ1n) is 5.77. The van der Waals surface area contributed by atoms with E-state index in [0.29, 0.717) is 6.04 Å². The summed E-state index contributed by atoms with van der Waals surface area (Å²) in [6.07, 6.45) is 1.29. The molecule has 2 N–H and O–H groups in total. The zero-order valence-electron chi connectivity index (χ0n) is 10.4. The minimum absolute atomic E-state index is 0.433. The Morgan fingerprint density at radius 3 is 2.73 bits per heavy atom. The molecule has 1 atom stereocenters. The van der Waals surface area contributed by atoms with Crippen molar-refractivity contribution < 1.29 is 0 Å². The summed E-state index contributed by atoms with van der Waals surface area (Å²) < 4.78 is 0. The summed E-state index contributed by atoms with van der Waals surface area (Å²) in [7, 11) is 4.00. The van der Waals surface area contributed by atoms with Gasteiger partial charge in [0.25, 0.3) is 0 Å². The second-order valence-corrected chi connectivity index (χ2v) is 4.67. The molecule has 0 aromatic heterocycles. The number of hydrogen-bond acceptors (Lipinski definition) is 2.